The maximum atomic E-state index is 12.6. The zero-order valence-electron chi connectivity index (χ0n) is 19.9. The van der Waals surface area contributed by atoms with E-state index in [-0.39, 0.29) is 5.92 Å². The van der Waals surface area contributed by atoms with Crippen molar-refractivity contribution < 1.29 is 4.79 Å². The van der Waals surface area contributed by atoms with Gasteiger partial charge in [-0.2, -0.15) is 10.2 Å². The number of anilines is 1. The number of aromatic nitrogens is 4. The number of aryl methyl sites for hydroxylation is 3. The molecule has 4 rings (SSSR count). The molecule has 0 spiro atoms. The van der Waals surface area contributed by atoms with Crippen molar-refractivity contribution in [3.8, 4) is 5.69 Å². The summed E-state index contributed by atoms with van der Waals surface area (Å²) in [5.74, 6) is 1.40. The van der Waals surface area contributed by atoms with Gasteiger partial charge in [-0.1, -0.05) is 17.7 Å². The van der Waals surface area contributed by atoms with Gasteiger partial charge in [0.15, 0.2) is 5.82 Å². The lowest BCUT2D eigenvalue weighted by atomic mass is 9.90. The molecule has 0 N–H and O–H groups in total. The second-order valence-corrected chi connectivity index (χ2v) is 9.30. The number of fused-ring (bicyclic) bond motifs is 1. The van der Waals surface area contributed by atoms with Gasteiger partial charge in [0.05, 0.1) is 22.5 Å². The molecule has 1 aliphatic rings. The fraction of sp³-hybridized carbons (Fsp3) is 0.520. The standard InChI is InChI=1S/C25H34N6O/c1-17-8-10-21(11-9-17)31-19(3)23-18(2)26-27-25(24(23)28-31)30-15-12-20(13-16-30)22(32)7-6-14-29(4)5/h8-11,20H,6-7,12-16H2,1-5H3. The van der Waals surface area contributed by atoms with Crippen LogP contribution in [0.25, 0.3) is 16.6 Å². The third-order valence-electron chi connectivity index (χ3n) is 6.54. The maximum absolute atomic E-state index is 12.6. The molecule has 3 aromatic rings. The van der Waals surface area contributed by atoms with E-state index in [1.165, 1.54) is 5.56 Å². The fourth-order valence-electron chi connectivity index (χ4n) is 4.65. The molecule has 0 saturated carbocycles. The summed E-state index contributed by atoms with van der Waals surface area (Å²) in [7, 11) is 4.10. The van der Waals surface area contributed by atoms with Gasteiger partial charge in [-0.15, -0.1) is 5.10 Å². The van der Waals surface area contributed by atoms with Crippen molar-refractivity contribution in [1.82, 2.24) is 24.9 Å². The molecule has 0 radical (unpaired) electrons. The van der Waals surface area contributed by atoms with Gasteiger partial charge in [0.25, 0.3) is 0 Å². The van der Waals surface area contributed by atoms with Gasteiger partial charge in [-0.05, 0) is 72.8 Å². The summed E-state index contributed by atoms with van der Waals surface area (Å²) in [5.41, 5.74) is 5.12. The molecule has 1 aromatic carbocycles. The van der Waals surface area contributed by atoms with E-state index >= 15 is 0 Å². The molecule has 0 bridgehead atoms. The number of benzene rings is 1. The van der Waals surface area contributed by atoms with E-state index in [4.69, 9.17) is 5.10 Å². The first-order valence-corrected chi connectivity index (χ1v) is 11.6. The number of ketones is 1. The molecular weight excluding hydrogens is 400 g/mol. The van der Waals surface area contributed by atoms with Gasteiger partial charge in [-0.25, -0.2) is 4.68 Å². The summed E-state index contributed by atoms with van der Waals surface area (Å²) in [6, 6.07) is 8.40. The average molecular weight is 435 g/mol. The third-order valence-corrected chi connectivity index (χ3v) is 6.54. The van der Waals surface area contributed by atoms with Gasteiger partial charge in [0.2, 0.25) is 0 Å². The Hall–Kier alpha value is -2.80. The molecule has 0 aliphatic carbocycles. The minimum Gasteiger partial charge on any atom is -0.353 e. The van der Waals surface area contributed by atoms with E-state index < -0.39 is 0 Å². The normalized spacial score (nSPS) is 15.1. The van der Waals surface area contributed by atoms with Gasteiger partial charge < -0.3 is 9.80 Å². The monoisotopic (exact) mass is 434 g/mol. The Labute approximate surface area is 190 Å². The lowest BCUT2D eigenvalue weighted by Crippen LogP contribution is -2.37. The number of hydrogen-bond donors (Lipinski definition) is 0. The van der Waals surface area contributed by atoms with Crippen LogP contribution in [0.1, 0.15) is 42.6 Å². The van der Waals surface area contributed by atoms with Crippen molar-refractivity contribution in [1.29, 1.82) is 0 Å². The number of carbonyl (C=O) groups excluding carboxylic acids is 1. The molecular formula is C25H34N6O. The lowest BCUT2D eigenvalue weighted by Gasteiger charge is -2.32. The van der Waals surface area contributed by atoms with E-state index in [0.717, 1.165) is 72.7 Å². The molecule has 1 aliphatic heterocycles. The number of Topliss-reactive ketones (excluding diaryl/α,β-unsaturated/α-hetero) is 1. The van der Waals surface area contributed by atoms with Crippen LogP contribution in [0.15, 0.2) is 24.3 Å². The van der Waals surface area contributed by atoms with Gasteiger partial charge in [-0.3, -0.25) is 4.79 Å². The molecule has 1 saturated heterocycles. The van der Waals surface area contributed by atoms with Crippen LogP contribution < -0.4 is 4.90 Å². The van der Waals surface area contributed by atoms with Crippen LogP contribution in [0.3, 0.4) is 0 Å². The smallest absolute Gasteiger partial charge is 0.179 e. The van der Waals surface area contributed by atoms with Crippen LogP contribution in [0.5, 0.6) is 0 Å². The predicted octanol–water partition coefficient (Wildman–Crippen LogP) is 3.87. The molecule has 0 atom stereocenters. The van der Waals surface area contributed by atoms with Crippen LogP contribution >= 0.6 is 0 Å². The highest BCUT2D eigenvalue weighted by atomic mass is 16.1. The van der Waals surface area contributed by atoms with Gasteiger partial charge >= 0.3 is 0 Å². The first-order valence-electron chi connectivity index (χ1n) is 11.6. The number of nitrogens with zero attached hydrogens (tertiary/aromatic N) is 6. The van der Waals surface area contributed by atoms with E-state index in [9.17, 15) is 4.79 Å². The Morgan fingerprint density at radius 1 is 1.06 bits per heavy atom. The summed E-state index contributed by atoms with van der Waals surface area (Å²) >= 11 is 0. The second-order valence-electron chi connectivity index (χ2n) is 9.30. The van der Waals surface area contributed by atoms with E-state index in [0.29, 0.717) is 12.2 Å². The minimum atomic E-state index is 0.161. The van der Waals surface area contributed by atoms with Crippen molar-refractivity contribution in [3.63, 3.8) is 0 Å². The van der Waals surface area contributed by atoms with Gasteiger partial charge in [0.1, 0.15) is 11.3 Å². The molecule has 0 unspecified atom stereocenters. The third kappa shape index (κ3) is 4.53. The highest BCUT2D eigenvalue weighted by molar-refractivity contribution is 5.92. The molecule has 2 aromatic heterocycles. The topological polar surface area (TPSA) is 67.2 Å². The van der Waals surface area contributed by atoms with Crippen molar-refractivity contribution in [2.75, 3.05) is 38.6 Å². The van der Waals surface area contributed by atoms with Crippen LogP contribution in [0, 0.1) is 26.7 Å². The highest BCUT2D eigenvalue weighted by Crippen LogP contribution is 2.32. The largest absolute Gasteiger partial charge is 0.353 e. The van der Waals surface area contributed by atoms with Crippen molar-refractivity contribution in [2.45, 2.75) is 46.5 Å². The molecule has 1 fully saturated rings. The van der Waals surface area contributed by atoms with E-state index in [1.807, 2.05) is 25.7 Å². The molecule has 170 valence electrons. The summed E-state index contributed by atoms with van der Waals surface area (Å²) in [5, 5.41) is 15.0. The molecule has 7 nitrogen and oxygen atoms in total. The first-order chi connectivity index (χ1) is 15.3. The summed E-state index contributed by atoms with van der Waals surface area (Å²) in [6.07, 6.45) is 3.36. The van der Waals surface area contributed by atoms with Crippen molar-refractivity contribution in [2.24, 2.45) is 5.92 Å². The number of rotatable bonds is 7. The predicted molar refractivity (Wildman–Crippen MR) is 129 cm³/mol. The Morgan fingerprint density at radius 3 is 2.41 bits per heavy atom. The van der Waals surface area contributed by atoms with Crippen LogP contribution in [-0.2, 0) is 4.79 Å². The summed E-state index contributed by atoms with van der Waals surface area (Å²) in [4.78, 5) is 17.0. The zero-order chi connectivity index (χ0) is 22.8. The number of hydrogen-bond acceptors (Lipinski definition) is 6. The van der Waals surface area contributed by atoms with Crippen LogP contribution in [-0.4, -0.2) is 64.4 Å². The number of piperidine rings is 1. The van der Waals surface area contributed by atoms with E-state index in [2.05, 4.69) is 58.1 Å². The Kier molecular flexibility index (Phi) is 6.55. The Bertz CT molecular complexity index is 1090. The van der Waals surface area contributed by atoms with Crippen molar-refractivity contribution >= 4 is 22.5 Å². The zero-order valence-corrected chi connectivity index (χ0v) is 19.9. The molecule has 7 heteroatoms. The maximum Gasteiger partial charge on any atom is 0.179 e. The lowest BCUT2D eigenvalue weighted by molar-refractivity contribution is -0.123. The van der Waals surface area contributed by atoms with E-state index in [1.54, 1.807) is 0 Å². The first kappa shape index (κ1) is 22.4. The number of carbonyl (C=O) groups is 1. The van der Waals surface area contributed by atoms with Crippen molar-refractivity contribution in [3.05, 3.63) is 41.2 Å². The summed E-state index contributed by atoms with van der Waals surface area (Å²) < 4.78 is 1.99. The molecule has 3 heterocycles. The summed E-state index contributed by atoms with van der Waals surface area (Å²) in [6.45, 7) is 8.76. The second kappa shape index (κ2) is 9.36. The Balaban J connectivity index is 1.54. The molecule has 0 amide bonds. The Morgan fingerprint density at radius 2 is 1.75 bits per heavy atom. The quantitative estimate of drug-likeness (QED) is 0.562. The SMILES string of the molecule is Cc1ccc(-n2nc3c(N4CCC(C(=O)CCCN(C)C)CC4)nnc(C)c3c2C)cc1. The van der Waals surface area contributed by atoms with Crippen LogP contribution in [0.2, 0.25) is 0 Å². The average Bonchev–Trinajstić information content (AvgIpc) is 3.12. The van der Waals surface area contributed by atoms with Crippen LogP contribution in [0.4, 0.5) is 5.82 Å². The highest BCUT2D eigenvalue weighted by Gasteiger charge is 2.28. The minimum absolute atomic E-state index is 0.161. The van der Waals surface area contributed by atoms with Gasteiger partial charge in [0, 0.05) is 25.4 Å². The fourth-order valence-corrected chi connectivity index (χ4v) is 4.65. The molecule has 32 heavy (non-hydrogen) atoms.